The van der Waals surface area contributed by atoms with E-state index in [1.54, 1.807) is 0 Å². The van der Waals surface area contributed by atoms with Crippen molar-refractivity contribution in [3.8, 4) is 0 Å². The summed E-state index contributed by atoms with van der Waals surface area (Å²) in [6.45, 7) is 2.28. The van der Waals surface area contributed by atoms with Crippen molar-refractivity contribution in [2.24, 2.45) is 0 Å². The van der Waals surface area contributed by atoms with E-state index in [-0.39, 0.29) is 0 Å². The zero-order valence-corrected chi connectivity index (χ0v) is 3.73. The summed E-state index contributed by atoms with van der Waals surface area (Å²) in [5, 5.41) is 8.14. The summed E-state index contributed by atoms with van der Waals surface area (Å²) < 4.78 is 0. The lowest BCUT2D eigenvalue weighted by atomic mass is 9.91. The minimum atomic E-state index is 0.306. The van der Waals surface area contributed by atoms with E-state index in [0.29, 0.717) is 12.4 Å². The average molecular weight is 71.9 g/mol. The first-order chi connectivity index (χ1) is 2.27. The van der Waals surface area contributed by atoms with Gasteiger partial charge in [0.2, 0.25) is 0 Å². The Morgan fingerprint density at radius 1 is 2.00 bits per heavy atom. The highest BCUT2D eigenvalue weighted by atomic mass is 16.3. The van der Waals surface area contributed by atoms with Gasteiger partial charge in [0.15, 0.2) is 0 Å². The van der Waals surface area contributed by atoms with Crippen LogP contribution in [0.2, 0.25) is 5.82 Å². The molecule has 1 unspecified atom stereocenters. The van der Waals surface area contributed by atoms with Gasteiger partial charge < -0.3 is 5.11 Å². The van der Waals surface area contributed by atoms with E-state index >= 15 is 0 Å². The Balaban J connectivity index is 2.54. The number of hydrogen-bond donors (Lipinski definition) is 1. The fourth-order valence-electron chi connectivity index (χ4n) is 0. The number of aliphatic hydroxyl groups excluding tert-OH is 1. The summed E-state index contributed by atoms with van der Waals surface area (Å²) in [6, 6.07) is 0. The quantitative estimate of drug-likeness (QED) is 0.411. The van der Waals surface area contributed by atoms with Crippen molar-refractivity contribution in [2.75, 3.05) is 6.61 Å². The van der Waals surface area contributed by atoms with Crippen molar-refractivity contribution in [3.63, 3.8) is 0 Å². The van der Waals surface area contributed by atoms with E-state index in [9.17, 15) is 0 Å². The van der Waals surface area contributed by atoms with Gasteiger partial charge in [0.05, 0.1) is 0 Å². The Labute approximate surface area is 33.4 Å². The summed E-state index contributed by atoms with van der Waals surface area (Å²) >= 11 is 0. The van der Waals surface area contributed by atoms with E-state index < -0.39 is 0 Å². The minimum Gasteiger partial charge on any atom is -0.397 e. The minimum absolute atomic E-state index is 0.306. The van der Waals surface area contributed by atoms with Gasteiger partial charge in [-0.25, -0.2) is 0 Å². The van der Waals surface area contributed by atoms with Crippen LogP contribution in [0.25, 0.3) is 0 Å². The van der Waals surface area contributed by atoms with Crippen molar-refractivity contribution >= 4 is 7.85 Å². The molecule has 1 atom stereocenters. The molecule has 0 rings (SSSR count). The van der Waals surface area contributed by atoms with Gasteiger partial charge >= 0.3 is 0 Å². The van der Waals surface area contributed by atoms with E-state index in [1.807, 2.05) is 14.8 Å². The molecule has 2 heteroatoms. The first-order valence-electron chi connectivity index (χ1n) is 1.88. The fourth-order valence-corrected chi connectivity index (χ4v) is 0. The van der Waals surface area contributed by atoms with Gasteiger partial charge in [0.1, 0.15) is 7.85 Å². The fraction of sp³-hybridized carbons (Fsp3) is 1.00. The van der Waals surface area contributed by atoms with Crippen LogP contribution in [0.4, 0.5) is 0 Å². The van der Waals surface area contributed by atoms with Gasteiger partial charge in [-0.15, -0.1) is 0 Å². The summed E-state index contributed by atoms with van der Waals surface area (Å²) in [5.74, 6) is 0.440. The Kier molecular flexibility index (Phi) is 2.28. The molecule has 1 nitrogen and oxygen atoms in total. The molecule has 30 valence electrons. The molecular weight excluding hydrogens is 62.8 g/mol. The van der Waals surface area contributed by atoms with Crippen LogP contribution in [0, 0.1) is 0 Å². The molecule has 0 aliphatic carbocycles. The predicted molar refractivity (Wildman–Crippen MR) is 25.1 cm³/mol. The molecule has 0 fully saturated rings. The van der Waals surface area contributed by atoms with E-state index in [4.69, 9.17) is 5.11 Å². The summed E-state index contributed by atoms with van der Waals surface area (Å²) in [7, 11) is 1.97. The number of rotatable bonds is 1. The first-order valence-corrected chi connectivity index (χ1v) is 1.88. The van der Waals surface area contributed by atoms with Crippen LogP contribution in [0.1, 0.15) is 6.92 Å². The topological polar surface area (TPSA) is 20.2 Å². The van der Waals surface area contributed by atoms with Crippen molar-refractivity contribution < 1.29 is 5.11 Å². The second-order valence-electron chi connectivity index (χ2n) is 1.58. The third-order valence-electron chi connectivity index (χ3n) is 0.365. The largest absolute Gasteiger partial charge is 0.397 e. The van der Waals surface area contributed by atoms with Crippen LogP contribution in [0.15, 0.2) is 0 Å². The lowest BCUT2D eigenvalue weighted by Crippen LogP contribution is -1.89. The highest BCUT2D eigenvalue weighted by Crippen LogP contribution is 1.87. The molecule has 0 aromatic carbocycles. The van der Waals surface area contributed by atoms with E-state index in [2.05, 4.69) is 0 Å². The van der Waals surface area contributed by atoms with Crippen LogP contribution in [-0.4, -0.2) is 19.6 Å². The molecular formula is C3H9BO. The van der Waals surface area contributed by atoms with E-state index in [1.165, 1.54) is 0 Å². The molecule has 0 aromatic heterocycles. The molecule has 0 aromatic rings. The van der Waals surface area contributed by atoms with Crippen LogP contribution in [0.5, 0.6) is 0 Å². The van der Waals surface area contributed by atoms with Gasteiger partial charge in [-0.2, -0.15) is 0 Å². The van der Waals surface area contributed by atoms with Gasteiger partial charge in [0, 0.05) is 6.61 Å². The predicted octanol–water partition coefficient (Wildman–Crippen LogP) is -0.580. The van der Waals surface area contributed by atoms with Gasteiger partial charge in [-0.05, 0) is 5.82 Å². The second-order valence-corrected chi connectivity index (χ2v) is 1.58. The summed E-state index contributed by atoms with van der Waals surface area (Å²) in [5.41, 5.74) is 0. The average Bonchev–Trinajstić information content (AvgIpc) is 1.38. The van der Waals surface area contributed by atoms with Crippen molar-refractivity contribution in [1.29, 1.82) is 0 Å². The lowest BCUT2D eigenvalue weighted by Gasteiger charge is -1.89. The molecule has 0 radical (unpaired) electrons. The third-order valence-corrected chi connectivity index (χ3v) is 0.365. The van der Waals surface area contributed by atoms with Crippen molar-refractivity contribution in [2.45, 2.75) is 12.7 Å². The van der Waals surface area contributed by atoms with Gasteiger partial charge in [0.25, 0.3) is 0 Å². The Bertz CT molecular complexity index is 20.9. The Morgan fingerprint density at radius 2 is 2.20 bits per heavy atom. The van der Waals surface area contributed by atoms with Crippen LogP contribution in [-0.2, 0) is 0 Å². The molecule has 0 spiro atoms. The van der Waals surface area contributed by atoms with Crippen LogP contribution >= 0.6 is 0 Å². The monoisotopic (exact) mass is 72.1 g/mol. The summed E-state index contributed by atoms with van der Waals surface area (Å²) in [4.78, 5) is 0. The number of hydrogen-bond acceptors (Lipinski definition) is 1. The van der Waals surface area contributed by atoms with Crippen molar-refractivity contribution in [1.82, 2.24) is 0 Å². The molecule has 0 amide bonds. The lowest BCUT2D eigenvalue weighted by molar-refractivity contribution is 0.295. The van der Waals surface area contributed by atoms with Crippen molar-refractivity contribution in [3.05, 3.63) is 0 Å². The maximum atomic E-state index is 8.14. The molecule has 0 heterocycles. The maximum Gasteiger partial charge on any atom is 0.107 e. The molecule has 0 aliphatic rings. The van der Waals surface area contributed by atoms with E-state index in [0.717, 1.165) is 0 Å². The smallest absolute Gasteiger partial charge is 0.107 e. The molecule has 1 N–H and O–H groups in total. The third kappa shape index (κ3) is 4.02. The number of aliphatic hydroxyl groups is 1. The highest BCUT2D eigenvalue weighted by molar-refractivity contribution is 6.11. The Morgan fingerprint density at radius 3 is 2.20 bits per heavy atom. The zero-order chi connectivity index (χ0) is 4.28. The SMILES string of the molecule is BC(C)CO. The van der Waals surface area contributed by atoms with Crippen LogP contribution < -0.4 is 0 Å². The normalized spacial score (nSPS) is 14.8. The molecule has 0 aliphatic heterocycles. The first kappa shape index (κ1) is 5.02. The zero-order valence-electron chi connectivity index (χ0n) is 3.73. The molecule has 0 bridgehead atoms. The molecule has 5 heavy (non-hydrogen) atoms. The molecule has 0 saturated carbocycles. The molecule has 0 saturated heterocycles. The maximum absolute atomic E-state index is 8.14. The second kappa shape index (κ2) is 2.27. The van der Waals surface area contributed by atoms with Gasteiger partial charge in [-0.1, -0.05) is 6.92 Å². The van der Waals surface area contributed by atoms with Crippen LogP contribution in [0.3, 0.4) is 0 Å². The van der Waals surface area contributed by atoms with Gasteiger partial charge in [-0.3, -0.25) is 0 Å². The Hall–Kier alpha value is 0.0249. The highest BCUT2D eigenvalue weighted by Gasteiger charge is 1.82. The summed E-state index contributed by atoms with van der Waals surface area (Å²) in [6.07, 6.45) is 0. The standard InChI is InChI=1S/C3H9BO/c1-3(4)2-5/h3,5H,2,4H2,1H3.